The van der Waals surface area contributed by atoms with Crippen molar-refractivity contribution in [3.05, 3.63) is 39.7 Å². The second-order valence-electron chi connectivity index (χ2n) is 3.13. The van der Waals surface area contributed by atoms with Crippen LogP contribution in [0.2, 0.25) is 0 Å². The van der Waals surface area contributed by atoms with Gasteiger partial charge in [0.25, 0.3) is 5.69 Å². The molecule has 1 rings (SSSR count). The van der Waals surface area contributed by atoms with Crippen LogP contribution >= 0.6 is 15.9 Å². The minimum Gasteiger partial charge on any atom is -0.294 e. The third-order valence-corrected chi connectivity index (χ3v) is 2.56. The number of alkyl halides is 1. The zero-order chi connectivity index (χ0) is 12.1. The molecule has 0 bridgehead atoms. The lowest BCUT2D eigenvalue weighted by Gasteiger charge is -2.01. The van der Waals surface area contributed by atoms with E-state index in [2.05, 4.69) is 15.9 Å². The van der Waals surface area contributed by atoms with Gasteiger partial charge in [0.1, 0.15) is 5.82 Å². The van der Waals surface area contributed by atoms with Gasteiger partial charge in [-0.3, -0.25) is 14.9 Å². The monoisotopic (exact) mass is 289 g/mol. The number of hydrogen-bond donors (Lipinski definition) is 0. The van der Waals surface area contributed by atoms with E-state index in [0.717, 1.165) is 18.2 Å². The fraction of sp³-hybridized carbons (Fsp3) is 0.300. The third kappa shape index (κ3) is 3.10. The maximum absolute atomic E-state index is 12.8. The molecular formula is C10H9BrFNO3. The van der Waals surface area contributed by atoms with Gasteiger partial charge in [0.2, 0.25) is 0 Å². The lowest BCUT2D eigenvalue weighted by atomic mass is 10.1. The quantitative estimate of drug-likeness (QED) is 0.362. The molecule has 0 aliphatic rings. The first kappa shape index (κ1) is 12.8. The number of nitro benzene ring substituents is 1. The molecule has 0 spiro atoms. The van der Waals surface area contributed by atoms with Crippen molar-refractivity contribution >= 4 is 27.4 Å². The number of carbonyl (C=O) groups excluding carboxylic acids is 1. The number of benzene rings is 1. The average molecular weight is 290 g/mol. The normalized spacial score (nSPS) is 10.1. The number of halogens is 2. The fourth-order valence-corrected chi connectivity index (χ4v) is 1.53. The molecule has 0 amide bonds. The van der Waals surface area contributed by atoms with Crippen LogP contribution in [0.1, 0.15) is 23.2 Å². The second-order valence-corrected chi connectivity index (χ2v) is 3.93. The molecule has 0 saturated heterocycles. The van der Waals surface area contributed by atoms with Crippen LogP contribution < -0.4 is 0 Å². The summed E-state index contributed by atoms with van der Waals surface area (Å²) in [7, 11) is 0. The van der Waals surface area contributed by atoms with Crippen molar-refractivity contribution in [2.24, 2.45) is 0 Å². The van der Waals surface area contributed by atoms with Crippen molar-refractivity contribution in [3.63, 3.8) is 0 Å². The highest BCUT2D eigenvalue weighted by molar-refractivity contribution is 9.09. The molecule has 86 valence electrons. The molecule has 16 heavy (non-hydrogen) atoms. The van der Waals surface area contributed by atoms with Crippen molar-refractivity contribution in [2.45, 2.75) is 12.8 Å². The molecule has 0 N–H and O–H groups in total. The van der Waals surface area contributed by atoms with E-state index in [9.17, 15) is 19.3 Å². The molecule has 0 aromatic heterocycles. The Kier molecular flexibility index (Phi) is 4.54. The molecular weight excluding hydrogens is 281 g/mol. The van der Waals surface area contributed by atoms with Crippen LogP contribution in [0.4, 0.5) is 10.1 Å². The van der Waals surface area contributed by atoms with Crippen LogP contribution in [-0.2, 0) is 0 Å². The van der Waals surface area contributed by atoms with E-state index in [0.29, 0.717) is 11.8 Å². The van der Waals surface area contributed by atoms with E-state index < -0.39 is 16.4 Å². The van der Waals surface area contributed by atoms with E-state index in [1.165, 1.54) is 0 Å². The lowest BCUT2D eigenvalue weighted by molar-refractivity contribution is -0.385. The number of ketones is 1. The first-order valence-electron chi connectivity index (χ1n) is 4.59. The van der Waals surface area contributed by atoms with Crippen LogP contribution in [0.3, 0.4) is 0 Å². The molecule has 0 radical (unpaired) electrons. The molecule has 6 heteroatoms. The second kappa shape index (κ2) is 5.69. The maximum Gasteiger partial charge on any atom is 0.283 e. The van der Waals surface area contributed by atoms with Gasteiger partial charge in [-0.05, 0) is 18.6 Å². The summed E-state index contributed by atoms with van der Waals surface area (Å²) in [5.41, 5.74) is -0.507. The molecule has 0 unspecified atom stereocenters. The van der Waals surface area contributed by atoms with Gasteiger partial charge in [0.15, 0.2) is 5.78 Å². The summed E-state index contributed by atoms with van der Waals surface area (Å²) < 4.78 is 12.8. The molecule has 1 aromatic rings. The fourth-order valence-electron chi connectivity index (χ4n) is 1.25. The number of rotatable bonds is 5. The van der Waals surface area contributed by atoms with Crippen LogP contribution in [-0.4, -0.2) is 16.0 Å². The Hall–Kier alpha value is -1.30. The Bertz CT molecular complexity index is 423. The molecule has 1 aromatic carbocycles. The molecule has 0 aliphatic heterocycles. The van der Waals surface area contributed by atoms with Crippen LogP contribution in [0.5, 0.6) is 0 Å². The van der Waals surface area contributed by atoms with Crippen molar-refractivity contribution in [3.8, 4) is 0 Å². The number of Topliss-reactive ketones (excluding diaryl/α,β-unsaturated/α-hetero) is 1. The number of nitrogens with zero attached hydrogens (tertiary/aromatic N) is 1. The zero-order valence-electron chi connectivity index (χ0n) is 8.28. The third-order valence-electron chi connectivity index (χ3n) is 1.99. The van der Waals surface area contributed by atoms with E-state index in [1.807, 2.05) is 0 Å². The average Bonchev–Trinajstić information content (AvgIpc) is 2.25. The van der Waals surface area contributed by atoms with Gasteiger partial charge < -0.3 is 0 Å². The van der Waals surface area contributed by atoms with Crippen molar-refractivity contribution in [1.82, 2.24) is 0 Å². The van der Waals surface area contributed by atoms with Gasteiger partial charge in [0, 0.05) is 11.8 Å². The predicted molar refractivity (Wildman–Crippen MR) is 60.4 cm³/mol. The van der Waals surface area contributed by atoms with Crippen molar-refractivity contribution < 1.29 is 14.1 Å². The van der Waals surface area contributed by atoms with Gasteiger partial charge in [-0.2, -0.15) is 0 Å². The van der Waals surface area contributed by atoms with E-state index in [1.54, 1.807) is 0 Å². The van der Waals surface area contributed by atoms with Gasteiger partial charge >= 0.3 is 0 Å². The van der Waals surface area contributed by atoms with Gasteiger partial charge in [-0.25, -0.2) is 4.39 Å². The molecule has 0 aliphatic carbocycles. The Labute approximate surface area is 99.7 Å². The number of carbonyl (C=O) groups is 1. The minimum absolute atomic E-state index is 0.0349. The van der Waals surface area contributed by atoms with Gasteiger partial charge in [-0.1, -0.05) is 15.9 Å². The lowest BCUT2D eigenvalue weighted by Crippen LogP contribution is -2.04. The molecule has 0 atom stereocenters. The van der Waals surface area contributed by atoms with Crippen LogP contribution in [0.15, 0.2) is 18.2 Å². The summed E-state index contributed by atoms with van der Waals surface area (Å²) in [4.78, 5) is 21.5. The summed E-state index contributed by atoms with van der Waals surface area (Å²) >= 11 is 3.16. The standard InChI is InChI=1S/C10H9BrFNO3/c11-5-1-2-10(14)8-4-3-7(12)6-9(8)13(15)16/h3-4,6H,1-2,5H2. The molecule has 0 saturated carbocycles. The minimum atomic E-state index is -0.746. The Morgan fingerprint density at radius 3 is 2.75 bits per heavy atom. The summed E-state index contributed by atoms with van der Waals surface area (Å²) in [5, 5.41) is 11.3. The number of nitro groups is 1. The maximum atomic E-state index is 12.8. The predicted octanol–water partition coefficient (Wildman–Crippen LogP) is 3.09. The summed E-state index contributed by atoms with van der Waals surface area (Å²) in [6.45, 7) is 0. The summed E-state index contributed by atoms with van der Waals surface area (Å²) in [6.07, 6.45) is 0.797. The molecule has 0 fully saturated rings. The zero-order valence-corrected chi connectivity index (χ0v) is 9.87. The van der Waals surface area contributed by atoms with Crippen LogP contribution in [0, 0.1) is 15.9 Å². The van der Waals surface area contributed by atoms with Crippen molar-refractivity contribution in [2.75, 3.05) is 5.33 Å². The van der Waals surface area contributed by atoms with Gasteiger partial charge in [-0.15, -0.1) is 0 Å². The largest absolute Gasteiger partial charge is 0.294 e. The topological polar surface area (TPSA) is 60.2 Å². The highest BCUT2D eigenvalue weighted by atomic mass is 79.9. The van der Waals surface area contributed by atoms with Gasteiger partial charge in [0.05, 0.1) is 16.6 Å². The van der Waals surface area contributed by atoms with E-state index in [-0.39, 0.29) is 17.8 Å². The highest BCUT2D eigenvalue weighted by Crippen LogP contribution is 2.21. The molecule has 4 nitrogen and oxygen atoms in total. The first-order valence-corrected chi connectivity index (χ1v) is 5.71. The Morgan fingerprint density at radius 1 is 1.50 bits per heavy atom. The SMILES string of the molecule is O=C(CCCBr)c1ccc(F)cc1[N+](=O)[O-]. The highest BCUT2D eigenvalue weighted by Gasteiger charge is 2.20. The number of hydrogen-bond acceptors (Lipinski definition) is 3. The van der Waals surface area contributed by atoms with E-state index >= 15 is 0 Å². The summed E-state index contributed by atoms with van der Waals surface area (Å²) in [6, 6.07) is 2.97. The van der Waals surface area contributed by atoms with E-state index in [4.69, 9.17) is 0 Å². The Balaban J connectivity index is 3.03. The Morgan fingerprint density at radius 2 is 2.19 bits per heavy atom. The molecule has 0 heterocycles. The smallest absolute Gasteiger partial charge is 0.283 e. The summed E-state index contributed by atoms with van der Waals surface area (Å²) in [5.74, 6) is -1.06. The van der Waals surface area contributed by atoms with Crippen molar-refractivity contribution in [1.29, 1.82) is 0 Å². The first-order chi connectivity index (χ1) is 7.56. The van der Waals surface area contributed by atoms with Crippen LogP contribution in [0.25, 0.3) is 0 Å².